The van der Waals surface area contributed by atoms with Gasteiger partial charge in [0.15, 0.2) is 0 Å². The maximum atomic E-state index is 13.5. The molecule has 0 aromatic heterocycles. The van der Waals surface area contributed by atoms with Gasteiger partial charge in [0.1, 0.15) is 18.0 Å². The first kappa shape index (κ1) is 23.1. The molecule has 3 aromatic rings. The van der Waals surface area contributed by atoms with Gasteiger partial charge in [0.25, 0.3) is 10.0 Å². The number of methoxy groups -OCH3 is 2. The molecule has 0 bridgehead atoms. The molecule has 3 aromatic carbocycles. The van der Waals surface area contributed by atoms with Gasteiger partial charge in [0.05, 0.1) is 24.8 Å². The lowest BCUT2D eigenvalue weighted by atomic mass is 10.1. The Morgan fingerprint density at radius 1 is 0.906 bits per heavy atom. The topological polar surface area (TPSA) is 84.9 Å². The van der Waals surface area contributed by atoms with Gasteiger partial charge >= 0.3 is 0 Å². The summed E-state index contributed by atoms with van der Waals surface area (Å²) in [7, 11) is -1.13. The second-order valence-corrected chi connectivity index (χ2v) is 9.15. The minimum absolute atomic E-state index is 0.0309. The van der Waals surface area contributed by atoms with Gasteiger partial charge in [-0.25, -0.2) is 8.42 Å². The summed E-state index contributed by atoms with van der Waals surface area (Å²) in [5, 5.41) is 2.80. The summed E-state index contributed by atoms with van der Waals surface area (Å²) in [5.74, 6) is 0.391. The zero-order valence-corrected chi connectivity index (χ0v) is 19.3. The molecule has 0 heterocycles. The number of amides is 1. The zero-order valence-electron chi connectivity index (χ0n) is 18.5. The number of para-hydroxylation sites is 2. The normalized spacial score (nSPS) is 11.0. The van der Waals surface area contributed by atoms with Crippen LogP contribution in [0.25, 0.3) is 0 Å². The van der Waals surface area contributed by atoms with Crippen LogP contribution in [0.5, 0.6) is 11.5 Å². The molecule has 0 aliphatic heterocycles. The quantitative estimate of drug-likeness (QED) is 0.553. The monoisotopic (exact) mass is 454 g/mol. The van der Waals surface area contributed by atoms with Gasteiger partial charge in [-0.3, -0.25) is 9.10 Å². The van der Waals surface area contributed by atoms with Crippen LogP contribution in [0.2, 0.25) is 0 Å². The Bertz CT molecular complexity index is 1190. The van der Waals surface area contributed by atoms with Crippen molar-refractivity contribution in [2.75, 3.05) is 30.4 Å². The van der Waals surface area contributed by atoms with Gasteiger partial charge in [-0.15, -0.1) is 0 Å². The first-order valence-electron chi connectivity index (χ1n) is 9.92. The third-order valence-electron chi connectivity index (χ3n) is 4.79. The molecule has 168 valence electrons. The van der Waals surface area contributed by atoms with Crippen LogP contribution in [0, 0.1) is 13.8 Å². The highest BCUT2D eigenvalue weighted by molar-refractivity contribution is 7.92. The van der Waals surface area contributed by atoms with E-state index in [9.17, 15) is 13.2 Å². The average molecular weight is 455 g/mol. The lowest BCUT2D eigenvalue weighted by Gasteiger charge is -2.25. The van der Waals surface area contributed by atoms with Crippen LogP contribution in [0.4, 0.5) is 11.4 Å². The third-order valence-corrected chi connectivity index (χ3v) is 6.57. The third kappa shape index (κ3) is 5.20. The van der Waals surface area contributed by atoms with Crippen molar-refractivity contribution in [3.8, 4) is 11.5 Å². The van der Waals surface area contributed by atoms with E-state index in [-0.39, 0.29) is 10.6 Å². The molecule has 0 saturated heterocycles. The summed E-state index contributed by atoms with van der Waals surface area (Å²) in [6, 6.07) is 18.3. The van der Waals surface area contributed by atoms with Crippen molar-refractivity contribution >= 4 is 27.3 Å². The molecule has 0 aliphatic rings. The van der Waals surface area contributed by atoms with E-state index >= 15 is 0 Å². The molecule has 0 aliphatic carbocycles. The van der Waals surface area contributed by atoms with Gasteiger partial charge in [-0.1, -0.05) is 18.2 Å². The number of hydrogen-bond donors (Lipinski definition) is 1. The van der Waals surface area contributed by atoms with E-state index in [2.05, 4.69) is 5.32 Å². The molecular formula is C24H26N2O5S. The van der Waals surface area contributed by atoms with E-state index in [0.29, 0.717) is 17.2 Å². The Kier molecular flexibility index (Phi) is 7.05. The first-order valence-corrected chi connectivity index (χ1v) is 11.4. The molecule has 1 N–H and O–H groups in total. The Hall–Kier alpha value is -3.52. The standard InChI is InChI=1S/C24H26N2O5S/c1-17-13-18(2)15-19(14-17)25-24(27)16-26(22-7-5-6-8-23(22)31-4)32(28,29)21-11-9-20(30-3)10-12-21/h5-15H,16H2,1-4H3,(H,25,27). The van der Waals surface area contributed by atoms with Gasteiger partial charge in [-0.05, 0) is 73.5 Å². The molecule has 3 rings (SSSR count). The van der Waals surface area contributed by atoms with E-state index < -0.39 is 22.5 Å². The maximum Gasteiger partial charge on any atom is 0.264 e. The smallest absolute Gasteiger partial charge is 0.264 e. The van der Waals surface area contributed by atoms with Gasteiger partial charge in [0, 0.05) is 5.69 Å². The molecule has 0 spiro atoms. The van der Waals surface area contributed by atoms with Crippen LogP contribution in [0.1, 0.15) is 11.1 Å². The number of ether oxygens (including phenoxy) is 2. The minimum Gasteiger partial charge on any atom is -0.497 e. The summed E-state index contributed by atoms with van der Waals surface area (Å²) in [4.78, 5) is 12.9. The summed E-state index contributed by atoms with van der Waals surface area (Å²) < 4.78 is 38.6. The molecule has 0 radical (unpaired) electrons. The van der Waals surface area contributed by atoms with Crippen LogP contribution in [0.3, 0.4) is 0 Å². The second-order valence-electron chi connectivity index (χ2n) is 7.28. The van der Waals surface area contributed by atoms with Crippen LogP contribution >= 0.6 is 0 Å². The SMILES string of the molecule is COc1ccc(S(=O)(=O)N(CC(=O)Nc2cc(C)cc(C)c2)c2ccccc2OC)cc1. The molecule has 0 fully saturated rings. The van der Waals surface area contributed by atoms with Crippen molar-refractivity contribution in [2.45, 2.75) is 18.7 Å². The van der Waals surface area contributed by atoms with Crippen molar-refractivity contribution in [3.63, 3.8) is 0 Å². The Labute approximate surface area is 188 Å². The van der Waals surface area contributed by atoms with E-state index in [1.54, 1.807) is 36.4 Å². The average Bonchev–Trinajstić information content (AvgIpc) is 2.76. The second kappa shape index (κ2) is 9.74. The van der Waals surface area contributed by atoms with E-state index in [0.717, 1.165) is 15.4 Å². The Morgan fingerprint density at radius 2 is 1.53 bits per heavy atom. The maximum absolute atomic E-state index is 13.5. The number of nitrogens with zero attached hydrogens (tertiary/aromatic N) is 1. The number of benzene rings is 3. The fourth-order valence-corrected chi connectivity index (χ4v) is 4.82. The predicted molar refractivity (Wildman–Crippen MR) is 125 cm³/mol. The van der Waals surface area contributed by atoms with Gasteiger partial charge < -0.3 is 14.8 Å². The van der Waals surface area contributed by atoms with Crippen molar-refractivity contribution in [3.05, 3.63) is 77.9 Å². The molecule has 7 nitrogen and oxygen atoms in total. The zero-order chi connectivity index (χ0) is 23.3. The van der Waals surface area contributed by atoms with Crippen LogP contribution in [0.15, 0.2) is 71.6 Å². The van der Waals surface area contributed by atoms with Crippen molar-refractivity contribution < 1.29 is 22.7 Å². The predicted octanol–water partition coefficient (Wildman–Crippen LogP) is 4.15. The molecule has 0 unspecified atom stereocenters. The van der Waals surface area contributed by atoms with Crippen LogP contribution in [-0.4, -0.2) is 35.1 Å². The lowest BCUT2D eigenvalue weighted by Crippen LogP contribution is -2.38. The number of carbonyl (C=O) groups is 1. The minimum atomic E-state index is -4.08. The summed E-state index contributed by atoms with van der Waals surface area (Å²) in [5.41, 5.74) is 2.86. The molecular weight excluding hydrogens is 428 g/mol. The molecule has 1 amide bonds. The number of sulfonamides is 1. The first-order chi connectivity index (χ1) is 15.2. The van der Waals surface area contributed by atoms with Crippen LogP contribution in [-0.2, 0) is 14.8 Å². The molecule has 0 saturated carbocycles. The number of aryl methyl sites for hydroxylation is 2. The van der Waals surface area contributed by atoms with E-state index in [1.807, 2.05) is 32.0 Å². The Balaban J connectivity index is 1.99. The van der Waals surface area contributed by atoms with Crippen LogP contribution < -0.4 is 19.1 Å². The van der Waals surface area contributed by atoms with E-state index in [4.69, 9.17) is 9.47 Å². The lowest BCUT2D eigenvalue weighted by molar-refractivity contribution is -0.114. The van der Waals surface area contributed by atoms with E-state index in [1.165, 1.54) is 26.4 Å². The van der Waals surface area contributed by atoms with Crippen molar-refractivity contribution in [2.24, 2.45) is 0 Å². The Morgan fingerprint density at radius 3 is 2.12 bits per heavy atom. The molecule has 8 heteroatoms. The highest BCUT2D eigenvalue weighted by Gasteiger charge is 2.29. The summed E-state index contributed by atoms with van der Waals surface area (Å²) >= 11 is 0. The number of carbonyl (C=O) groups excluding carboxylic acids is 1. The number of nitrogens with one attached hydrogen (secondary N) is 1. The highest BCUT2D eigenvalue weighted by atomic mass is 32.2. The van der Waals surface area contributed by atoms with Gasteiger partial charge in [-0.2, -0.15) is 0 Å². The highest BCUT2D eigenvalue weighted by Crippen LogP contribution is 2.32. The largest absolute Gasteiger partial charge is 0.497 e. The number of rotatable bonds is 8. The van der Waals surface area contributed by atoms with Gasteiger partial charge in [0.2, 0.25) is 5.91 Å². The molecule has 32 heavy (non-hydrogen) atoms. The number of anilines is 2. The molecule has 0 atom stereocenters. The number of hydrogen-bond acceptors (Lipinski definition) is 5. The fourth-order valence-electron chi connectivity index (χ4n) is 3.39. The summed E-state index contributed by atoms with van der Waals surface area (Å²) in [6.45, 7) is 3.43. The van der Waals surface area contributed by atoms with Crippen molar-refractivity contribution in [1.29, 1.82) is 0 Å². The summed E-state index contributed by atoms with van der Waals surface area (Å²) in [6.07, 6.45) is 0. The van der Waals surface area contributed by atoms with Crippen molar-refractivity contribution in [1.82, 2.24) is 0 Å². The fraction of sp³-hybridized carbons (Fsp3) is 0.208.